The van der Waals surface area contributed by atoms with Gasteiger partial charge in [0.05, 0.1) is 56.5 Å². The number of halogens is 7. The zero-order valence-electron chi connectivity index (χ0n) is 69.5. The van der Waals surface area contributed by atoms with Crippen molar-refractivity contribution in [1.82, 2.24) is 104 Å². The zero-order chi connectivity index (χ0) is 91.3. The third-order valence-electron chi connectivity index (χ3n) is 19.5. The van der Waals surface area contributed by atoms with Gasteiger partial charge in [-0.2, -0.15) is 46.3 Å². The largest absolute Gasteiger partial charge is 0.490 e. The molecular weight excluding hydrogens is 1680 g/mol. The predicted molar refractivity (Wildman–Crippen MR) is 463 cm³/mol. The average molecular weight is 1770 g/mol. The highest BCUT2D eigenvalue weighted by molar-refractivity contribution is 5.86. The van der Waals surface area contributed by atoms with Crippen LogP contribution in [0.2, 0.25) is 0 Å². The van der Waals surface area contributed by atoms with Gasteiger partial charge >= 0.3 is 47.1 Å². The van der Waals surface area contributed by atoms with E-state index in [1.807, 2.05) is 153 Å². The Hall–Kier alpha value is -13.8. The number of aliphatic carboxylic acids is 2. The second-order valence-electron chi connectivity index (χ2n) is 28.6. The number of carboxylic acid groups (broad SMARTS) is 2. The number of carboxylic acids is 2. The third kappa shape index (κ3) is 25.9. The molecule has 0 saturated carbocycles. The Morgan fingerprint density at radius 1 is 0.413 bits per heavy atom. The molecule has 668 valence electrons. The molecule has 0 saturated heterocycles. The molecular formula is C81H93ClF6N26O12. The molecule has 45 heteroatoms. The molecule has 0 fully saturated rings. The van der Waals surface area contributed by atoms with E-state index in [-0.39, 0.29) is 53.6 Å². The van der Waals surface area contributed by atoms with Crippen molar-refractivity contribution in [3.8, 4) is 46.1 Å². The fourth-order valence-electron chi connectivity index (χ4n) is 12.5. The zero-order valence-corrected chi connectivity index (χ0v) is 70.3. The minimum atomic E-state index is -5.08. The minimum Gasteiger partial charge on any atom is -0.475 e. The Kier molecular flexibility index (Phi) is 34.1. The summed E-state index contributed by atoms with van der Waals surface area (Å²) in [5.41, 5.74) is 35.7. The maximum atomic E-state index is 12.3. The number of H-pyrrole nitrogens is 4. The smallest absolute Gasteiger partial charge is 0.475 e. The van der Waals surface area contributed by atoms with Crippen molar-refractivity contribution >= 4 is 74.4 Å². The minimum absolute atomic E-state index is 0. The van der Waals surface area contributed by atoms with Crippen molar-refractivity contribution in [2.45, 2.75) is 133 Å². The number of carbonyl (C=O) groups is 2. The fourth-order valence-corrected chi connectivity index (χ4v) is 12.5. The van der Waals surface area contributed by atoms with Crippen molar-refractivity contribution in [1.29, 1.82) is 0 Å². The second-order valence-corrected chi connectivity index (χ2v) is 28.6. The summed E-state index contributed by atoms with van der Waals surface area (Å²) in [6, 6.07) is 29.8. The summed E-state index contributed by atoms with van der Waals surface area (Å²) in [7, 11) is 0. The molecule has 6 aromatic rings. The Morgan fingerprint density at radius 3 is 1.02 bits per heavy atom. The number of rotatable bonds is 24. The number of aryl methyl sites for hydroxylation is 8. The van der Waals surface area contributed by atoms with E-state index in [9.17, 15) is 64.7 Å². The van der Waals surface area contributed by atoms with E-state index >= 15 is 0 Å². The lowest BCUT2D eigenvalue weighted by atomic mass is 10.1. The van der Waals surface area contributed by atoms with Crippen molar-refractivity contribution in [2.75, 3.05) is 45.9 Å². The first-order chi connectivity index (χ1) is 59.2. The maximum Gasteiger partial charge on any atom is 0.490 e. The van der Waals surface area contributed by atoms with Crippen LogP contribution in [0.25, 0.3) is 90.2 Å². The number of guanidine groups is 1. The summed E-state index contributed by atoms with van der Waals surface area (Å²) in [5, 5.41) is 27.5. The standard InChI is InChI=1S/C22H24N6O2.C20H20N6O2.C19H26N6O2.C16H20N8O2.2C2HF3O2.ClH/c1-13-9-17-18(10-14(13)2)28(20-19(25-17)21(29)27-22(30)26-20)8-7-24-12-16-5-3-15(11-23)4-6-16;1-12-9-15-16(10-13(12)2)26(8-7-21-11-14-5-3-4-6-22-14)18-17(23-15)19(27)25-20(28)24-18;1-12-10-14-15(11-13(12)2)25(9-8-21-7-5-3-4-6-20)17-16(22-14)18(26)24-19(27)23-17;1-8-5-10-11(6-9(8)2)24(4-3-19-7-20-15(17)18)13-12(21-10)14(25)23-16(26)22-13;2*3-2(4,5)1(6)7;/h3-6,9-10,24H,7-8,11-12,23H2,1-2H3,(H,27,29,30);3-6,9-10,21H,7-8,11H2,1-2H3,(H,25,27,28);10-11,21H,3-9,20H2,1-2H3,(H,24,26,27);5-6,19H,3-4,7H2,1-2H3,(H4,17,18,20)(H,23,25,26);2*(H,6,7);1H. The van der Waals surface area contributed by atoms with Crippen LogP contribution >= 0.6 is 12.4 Å². The summed E-state index contributed by atoms with van der Waals surface area (Å²) in [6.45, 7) is 24.4. The predicted octanol–water partition coefficient (Wildman–Crippen LogP) is 4.47. The first-order valence-electron chi connectivity index (χ1n) is 38.8. The molecule has 1 aromatic heterocycles. The molecule has 38 nitrogen and oxygen atoms in total. The highest BCUT2D eigenvalue weighted by Crippen LogP contribution is 2.29. The molecule has 126 heavy (non-hydrogen) atoms. The molecule has 0 spiro atoms. The van der Waals surface area contributed by atoms with Gasteiger partial charge in [0.2, 0.25) is 0 Å². The quantitative estimate of drug-likeness (QED) is 0.0130. The van der Waals surface area contributed by atoms with Gasteiger partial charge in [-0.05, 0) is 198 Å². The number of unbranched alkanes of at least 4 members (excludes halogenated alkanes) is 2. The summed E-state index contributed by atoms with van der Waals surface area (Å²) in [4.78, 5) is 165. The van der Waals surface area contributed by atoms with Gasteiger partial charge in [-0.1, -0.05) is 36.8 Å². The number of aliphatic imine (C=N–C) groups is 1. The van der Waals surface area contributed by atoms with Gasteiger partial charge in [-0.15, -0.1) is 12.4 Å². The lowest BCUT2D eigenvalue weighted by Crippen LogP contribution is -2.31. The van der Waals surface area contributed by atoms with E-state index in [1.54, 1.807) is 6.20 Å². The maximum absolute atomic E-state index is 12.3. The number of aromatic amines is 4. The van der Waals surface area contributed by atoms with Crippen LogP contribution in [0.15, 0.2) is 141 Å². The van der Waals surface area contributed by atoms with Gasteiger partial charge in [0, 0.05) is 78.2 Å². The number of fused-ring (bicyclic) bond motifs is 8. The fraction of sp³-hybridized carbons (Fsp3) is 0.333. The molecule has 18 N–H and O–H groups in total. The van der Waals surface area contributed by atoms with E-state index in [2.05, 4.69) is 103 Å². The van der Waals surface area contributed by atoms with Gasteiger partial charge in [-0.25, -0.2) is 53.7 Å². The molecule has 8 aliphatic heterocycles. The van der Waals surface area contributed by atoms with E-state index < -0.39 is 69.3 Å². The number of benzene rings is 5. The highest BCUT2D eigenvalue weighted by Gasteiger charge is 2.39. The molecule has 0 aliphatic carbocycles. The number of pyridine rings is 1. The summed E-state index contributed by atoms with van der Waals surface area (Å²) in [5.74, 6) is -4.35. The van der Waals surface area contributed by atoms with Gasteiger partial charge in [-0.3, -0.25) is 49.4 Å². The summed E-state index contributed by atoms with van der Waals surface area (Å²) >= 11 is 0. The number of nitrogens with one attached hydrogen (secondary N) is 8. The molecule has 8 aliphatic rings. The SMILES string of the molecule is Cc1cc2nc3c(=O)[nH]c(=O)nc-3n(CCNCCCCCN)c2cc1C.Cc1cc2nc3c(=O)[nH]c(=O)nc-3n(CCNCN=C(N)N)c2cc1C.Cc1cc2nc3c(=O)[nH]c(=O)nc-3n(CCNCc3ccc(CN)cc3)c2cc1C.Cc1cc2nc3c(=O)[nH]c(=O)nc-3n(CCNCc3ccccn3)c2cc1C.Cl.O=C(O)C(F)(F)F.O=C(O)C(F)(F)F. The van der Waals surface area contributed by atoms with E-state index in [0.717, 1.165) is 121 Å². The van der Waals surface area contributed by atoms with Crippen molar-refractivity contribution in [3.63, 3.8) is 0 Å². The van der Waals surface area contributed by atoms with Crippen LogP contribution < -0.4 is 89.2 Å². The topological polar surface area (TPSA) is 575 Å². The number of aromatic nitrogens is 17. The molecule has 9 heterocycles. The van der Waals surface area contributed by atoms with E-state index in [0.29, 0.717) is 106 Å². The summed E-state index contributed by atoms with van der Waals surface area (Å²) in [6.07, 6.45) is -5.20. The first kappa shape index (κ1) is 97.7. The Morgan fingerprint density at radius 2 is 0.722 bits per heavy atom. The van der Waals surface area contributed by atoms with Gasteiger partial charge in [0.1, 0.15) is 0 Å². The van der Waals surface area contributed by atoms with Crippen LogP contribution in [-0.4, -0.2) is 169 Å². The Bertz CT molecular complexity index is 6590. The monoisotopic (exact) mass is 1770 g/mol. The molecule has 0 bridgehead atoms. The third-order valence-corrected chi connectivity index (χ3v) is 19.5. The Balaban J connectivity index is 0.000000197. The van der Waals surface area contributed by atoms with Crippen molar-refractivity contribution < 1.29 is 46.1 Å². The van der Waals surface area contributed by atoms with Gasteiger partial charge in [0.25, 0.3) is 22.2 Å². The highest BCUT2D eigenvalue weighted by atomic mass is 35.5. The molecule has 5 aromatic carbocycles. The number of alkyl halides is 6. The van der Waals surface area contributed by atoms with Crippen LogP contribution in [0.3, 0.4) is 0 Å². The van der Waals surface area contributed by atoms with Crippen LogP contribution in [0.4, 0.5) is 26.3 Å². The van der Waals surface area contributed by atoms with Crippen LogP contribution in [-0.2, 0) is 55.4 Å². The average Bonchev–Trinajstić information content (AvgIpc) is 0.772. The van der Waals surface area contributed by atoms with E-state index in [1.165, 1.54) is 0 Å². The van der Waals surface area contributed by atoms with Crippen molar-refractivity contribution in [3.05, 3.63) is 242 Å². The number of hydrogen-bond donors (Lipinski definition) is 14. The second kappa shape index (κ2) is 44.0. The number of hydrogen-bond acceptors (Lipinski definition) is 26. The molecule has 14 rings (SSSR count). The Labute approximate surface area is 716 Å². The molecule has 0 atom stereocenters. The van der Waals surface area contributed by atoms with Crippen LogP contribution in [0.5, 0.6) is 0 Å². The van der Waals surface area contributed by atoms with Crippen LogP contribution in [0, 0.1) is 55.4 Å². The molecule has 0 amide bonds. The lowest BCUT2D eigenvalue weighted by molar-refractivity contribution is -0.193. The van der Waals surface area contributed by atoms with Gasteiger partial charge in [0.15, 0.2) is 52.0 Å². The number of nitrogens with zero attached hydrogens (tertiary/aromatic N) is 14. The number of nitrogens with two attached hydrogens (primary N) is 4. The van der Waals surface area contributed by atoms with E-state index in [4.69, 9.17) is 42.7 Å². The lowest BCUT2D eigenvalue weighted by Gasteiger charge is -2.18. The van der Waals surface area contributed by atoms with Gasteiger partial charge < -0.3 is 67.4 Å². The first-order valence-corrected chi connectivity index (χ1v) is 38.8. The summed E-state index contributed by atoms with van der Waals surface area (Å²) < 4.78 is 71.0. The molecule has 0 radical (unpaired) electrons. The van der Waals surface area contributed by atoms with Crippen LogP contribution in [0.1, 0.15) is 80.6 Å². The van der Waals surface area contributed by atoms with Crippen molar-refractivity contribution in [2.24, 2.45) is 27.9 Å². The molecule has 0 unspecified atom stereocenters. The normalized spacial score (nSPS) is 11.3.